The van der Waals surface area contributed by atoms with Crippen LogP contribution in [-0.4, -0.2) is 23.9 Å². The second-order valence-electron chi connectivity index (χ2n) is 3.99. The molecule has 94 valence electrons. The maximum atomic E-state index is 11.8. The molecule has 0 spiro atoms. The van der Waals surface area contributed by atoms with E-state index in [4.69, 9.17) is 28.9 Å². The van der Waals surface area contributed by atoms with E-state index in [2.05, 4.69) is 0 Å². The second kappa shape index (κ2) is 6.24. The molecule has 0 fully saturated rings. The molecule has 0 aromatic heterocycles. The van der Waals surface area contributed by atoms with Crippen LogP contribution in [-0.2, 0) is 11.3 Å². The summed E-state index contributed by atoms with van der Waals surface area (Å²) < 4.78 is 0. The van der Waals surface area contributed by atoms with Gasteiger partial charge >= 0.3 is 0 Å². The number of halogens is 2. The summed E-state index contributed by atoms with van der Waals surface area (Å²) in [6, 6.07) is 4.78. The van der Waals surface area contributed by atoms with Crippen molar-refractivity contribution in [2.75, 3.05) is 7.05 Å². The molecule has 0 heterocycles. The van der Waals surface area contributed by atoms with Gasteiger partial charge in [-0.15, -0.1) is 0 Å². The zero-order valence-corrected chi connectivity index (χ0v) is 11.4. The Bertz CT molecular complexity index is 389. The van der Waals surface area contributed by atoms with E-state index in [1.165, 1.54) is 0 Å². The molecule has 0 radical (unpaired) electrons. The first-order valence-corrected chi connectivity index (χ1v) is 6.15. The lowest BCUT2D eigenvalue weighted by atomic mass is 10.2. The first-order valence-electron chi connectivity index (χ1n) is 5.39. The van der Waals surface area contributed by atoms with E-state index in [1.807, 2.05) is 6.92 Å². The van der Waals surface area contributed by atoms with Crippen LogP contribution >= 0.6 is 23.2 Å². The Morgan fingerprint density at radius 2 is 1.88 bits per heavy atom. The SMILES string of the molecule is CCC(N)C(=O)N(C)Cc1cc(Cl)cc(Cl)c1. The van der Waals surface area contributed by atoms with Gasteiger partial charge in [-0.05, 0) is 30.2 Å². The summed E-state index contributed by atoms with van der Waals surface area (Å²) in [6.45, 7) is 2.33. The Labute approximate surface area is 111 Å². The summed E-state index contributed by atoms with van der Waals surface area (Å²) in [5.41, 5.74) is 6.58. The van der Waals surface area contributed by atoms with Crippen molar-refractivity contribution in [3.63, 3.8) is 0 Å². The lowest BCUT2D eigenvalue weighted by Crippen LogP contribution is -2.40. The Kier molecular flexibility index (Phi) is 5.25. The predicted octanol–water partition coefficient (Wildman–Crippen LogP) is 2.69. The van der Waals surface area contributed by atoms with Crippen LogP contribution in [0.5, 0.6) is 0 Å². The Morgan fingerprint density at radius 3 is 2.35 bits per heavy atom. The molecule has 3 nitrogen and oxygen atoms in total. The van der Waals surface area contributed by atoms with Crippen LogP contribution < -0.4 is 5.73 Å². The van der Waals surface area contributed by atoms with E-state index in [-0.39, 0.29) is 5.91 Å². The molecule has 0 aliphatic heterocycles. The molecule has 17 heavy (non-hydrogen) atoms. The molecule has 2 N–H and O–H groups in total. The minimum atomic E-state index is -0.449. The third-order valence-electron chi connectivity index (χ3n) is 2.48. The lowest BCUT2D eigenvalue weighted by Gasteiger charge is -2.20. The fourth-order valence-electron chi connectivity index (χ4n) is 1.51. The minimum Gasteiger partial charge on any atom is -0.340 e. The monoisotopic (exact) mass is 274 g/mol. The summed E-state index contributed by atoms with van der Waals surface area (Å²) in [5.74, 6) is -0.0800. The highest BCUT2D eigenvalue weighted by Crippen LogP contribution is 2.20. The molecule has 0 aliphatic carbocycles. The molecule has 1 unspecified atom stereocenters. The van der Waals surface area contributed by atoms with E-state index < -0.39 is 6.04 Å². The van der Waals surface area contributed by atoms with Crippen LogP contribution in [0.25, 0.3) is 0 Å². The number of hydrogen-bond donors (Lipinski definition) is 1. The second-order valence-corrected chi connectivity index (χ2v) is 4.86. The van der Waals surface area contributed by atoms with E-state index in [0.29, 0.717) is 23.0 Å². The fourth-order valence-corrected chi connectivity index (χ4v) is 2.08. The number of hydrogen-bond acceptors (Lipinski definition) is 2. The molecule has 1 aromatic rings. The van der Waals surface area contributed by atoms with Crippen LogP contribution in [0.3, 0.4) is 0 Å². The van der Waals surface area contributed by atoms with Gasteiger partial charge < -0.3 is 10.6 Å². The quantitative estimate of drug-likeness (QED) is 0.918. The van der Waals surface area contributed by atoms with Crippen LogP contribution in [0.4, 0.5) is 0 Å². The van der Waals surface area contributed by atoms with Gasteiger partial charge in [0.2, 0.25) is 5.91 Å². The third kappa shape index (κ3) is 4.19. The van der Waals surface area contributed by atoms with Gasteiger partial charge in [0.05, 0.1) is 6.04 Å². The number of carbonyl (C=O) groups excluding carboxylic acids is 1. The third-order valence-corrected chi connectivity index (χ3v) is 2.91. The summed E-state index contributed by atoms with van der Waals surface area (Å²) in [6.07, 6.45) is 0.624. The number of amides is 1. The molecular formula is C12H16Cl2N2O. The number of nitrogens with zero attached hydrogens (tertiary/aromatic N) is 1. The zero-order chi connectivity index (χ0) is 13.0. The van der Waals surface area contributed by atoms with Crippen molar-refractivity contribution in [3.8, 4) is 0 Å². The van der Waals surface area contributed by atoms with Crippen LogP contribution in [0.15, 0.2) is 18.2 Å². The fraction of sp³-hybridized carbons (Fsp3) is 0.417. The van der Waals surface area contributed by atoms with Crippen molar-refractivity contribution in [2.45, 2.75) is 25.9 Å². The molecule has 1 amide bonds. The average Bonchev–Trinajstić information content (AvgIpc) is 2.25. The van der Waals surface area contributed by atoms with Gasteiger partial charge in [0.1, 0.15) is 0 Å². The van der Waals surface area contributed by atoms with Crippen LogP contribution in [0, 0.1) is 0 Å². The van der Waals surface area contributed by atoms with Gasteiger partial charge in [-0.3, -0.25) is 4.79 Å². The Morgan fingerprint density at radius 1 is 1.35 bits per heavy atom. The van der Waals surface area contributed by atoms with Crippen molar-refractivity contribution in [3.05, 3.63) is 33.8 Å². The van der Waals surface area contributed by atoms with Gasteiger partial charge in [0.25, 0.3) is 0 Å². The van der Waals surface area contributed by atoms with Crippen molar-refractivity contribution in [1.29, 1.82) is 0 Å². The summed E-state index contributed by atoms with van der Waals surface area (Å²) in [4.78, 5) is 13.4. The molecule has 1 atom stereocenters. The first kappa shape index (κ1) is 14.3. The molecule has 0 aliphatic rings. The number of carbonyl (C=O) groups is 1. The highest BCUT2D eigenvalue weighted by atomic mass is 35.5. The van der Waals surface area contributed by atoms with E-state index in [9.17, 15) is 4.79 Å². The zero-order valence-electron chi connectivity index (χ0n) is 9.91. The Balaban J connectivity index is 2.74. The van der Waals surface area contributed by atoms with Crippen LogP contribution in [0.2, 0.25) is 10.0 Å². The van der Waals surface area contributed by atoms with Crippen molar-refractivity contribution in [2.24, 2.45) is 5.73 Å². The number of rotatable bonds is 4. The van der Waals surface area contributed by atoms with Gasteiger partial charge in [-0.25, -0.2) is 0 Å². The molecule has 1 aromatic carbocycles. The van der Waals surface area contributed by atoms with Crippen molar-refractivity contribution in [1.82, 2.24) is 4.90 Å². The normalized spacial score (nSPS) is 12.3. The standard InChI is InChI=1S/C12H16Cl2N2O/c1-3-11(15)12(17)16(2)7-8-4-9(13)6-10(14)5-8/h4-6,11H,3,7,15H2,1-2H3. The van der Waals surface area contributed by atoms with Crippen molar-refractivity contribution >= 4 is 29.1 Å². The summed E-state index contributed by atoms with van der Waals surface area (Å²) in [5, 5.41) is 1.13. The van der Waals surface area contributed by atoms with E-state index >= 15 is 0 Å². The minimum absolute atomic E-state index is 0.0800. The number of benzene rings is 1. The average molecular weight is 275 g/mol. The lowest BCUT2D eigenvalue weighted by molar-refractivity contribution is -0.131. The smallest absolute Gasteiger partial charge is 0.239 e. The molecule has 0 saturated carbocycles. The topological polar surface area (TPSA) is 46.3 Å². The maximum absolute atomic E-state index is 11.8. The van der Waals surface area contributed by atoms with Crippen LogP contribution in [0.1, 0.15) is 18.9 Å². The first-order chi connectivity index (χ1) is 7.93. The number of nitrogens with two attached hydrogens (primary N) is 1. The van der Waals surface area contributed by atoms with Crippen molar-refractivity contribution < 1.29 is 4.79 Å². The molecule has 0 bridgehead atoms. The highest BCUT2D eigenvalue weighted by Gasteiger charge is 2.16. The summed E-state index contributed by atoms with van der Waals surface area (Å²) >= 11 is 11.8. The Hall–Kier alpha value is -0.770. The predicted molar refractivity (Wildman–Crippen MR) is 71.2 cm³/mol. The molecule has 0 saturated heterocycles. The van der Waals surface area contributed by atoms with E-state index in [1.54, 1.807) is 30.1 Å². The molecule has 5 heteroatoms. The van der Waals surface area contributed by atoms with Gasteiger partial charge in [-0.1, -0.05) is 30.1 Å². The van der Waals surface area contributed by atoms with Gasteiger partial charge in [0.15, 0.2) is 0 Å². The van der Waals surface area contributed by atoms with Gasteiger partial charge in [0, 0.05) is 23.6 Å². The largest absolute Gasteiger partial charge is 0.340 e. The van der Waals surface area contributed by atoms with E-state index in [0.717, 1.165) is 5.56 Å². The molecule has 1 rings (SSSR count). The molecular weight excluding hydrogens is 259 g/mol. The maximum Gasteiger partial charge on any atom is 0.239 e. The summed E-state index contributed by atoms with van der Waals surface area (Å²) in [7, 11) is 1.71. The highest BCUT2D eigenvalue weighted by molar-refractivity contribution is 6.34. The number of likely N-dealkylation sites (N-methyl/N-ethyl adjacent to an activating group) is 1. The van der Waals surface area contributed by atoms with Gasteiger partial charge in [-0.2, -0.15) is 0 Å².